The van der Waals surface area contributed by atoms with E-state index in [2.05, 4.69) is 10.4 Å². The van der Waals surface area contributed by atoms with E-state index in [1.54, 1.807) is 15.8 Å². The molecular formula is C25H33ClN4O3. The Labute approximate surface area is 200 Å². The Morgan fingerprint density at radius 2 is 1.76 bits per heavy atom. The van der Waals surface area contributed by atoms with Gasteiger partial charge in [0.25, 0.3) is 5.91 Å². The van der Waals surface area contributed by atoms with Gasteiger partial charge in [-0.3, -0.25) is 4.79 Å². The second-order valence-corrected chi connectivity index (χ2v) is 10.4. The van der Waals surface area contributed by atoms with Gasteiger partial charge in [-0.1, -0.05) is 36.6 Å². The highest BCUT2D eigenvalue weighted by molar-refractivity contribution is 6.32. The Morgan fingerprint density at radius 1 is 1.09 bits per heavy atom. The number of nitrogens with one attached hydrogen (secondary N) is 1. The fourth-order valence-corrected chi connectivity index (χ4v) is 4.95. The lowest BCUT2D eigenvalue weighted by atomic mass is 9.90. The number of piperidine rings is 1. The molecule has 178 valence electrons. The van der Waals surface area contributed by atoms with Gasteiger partial charge in [-0.15, -0.1) is 0 Å². The highest BCUT2D eigenvalue weighted by Crippen LogP contribution is 2.34. The summed E-state index contributed by atoms with van der Waals surface area (Å²) in [6.45, 7) is 6.74. The number of aromatic nitrogens is 2. The minimum Gasteiger partial charge on any atom is -0.444 e. The predicted molar refractivity (Wildman–Crippen MR) is 128 cm³/mol. The van der Waals surface area contributed by atoms with Crippen molar-refractivity contribution < 1.29 is 14.3 Å². The van der Waals surface area contributed by atoms with Gasteiger partial charge in [0.15, 0.2) is 0 Å². The zero-order valence-electron chi connectivity index (χ0n) is 19.6. The van der Waals surface area contributed by atoms with Crippen molar-refractivity contribution in [3.8, 4) is 5.69 Å². The molecule has 33 heavy (non-hydrogen) atoms. The summed E-state index contributed by atoms with van der Waals surface area (Å²) in [6.07, 6.45) is 7.16. The third kappa shape index (κ3) is 5.52. The summed E-state index contributed by atoms with van der Waals surface area (Å²) < 4.78 is 7.34. The van der Waals surface area contributed by atoms with Crippen LogP contribution >= 0.6 is 11.6 Å². The largest absolute Gasteiger partial charge is 0.444 e. The molecule has 0 bridgehead atoms. The van der Waals surface area contributed by atoms with Crippen LogP contribution in [0.4, 0.5) is 4.79 Å². The first-order valence-electron chi connectivity index (χ1n) is 11.8. The topological polar surface area (TPSA) is 76.5 Å². The number of ether oxygens (including phenoxy) is 1. The summed E-state index contributed by atoms with van der Waals surface area (Å²) in [4.78, 5) is 27.5. The van der Waals surface area contributed by atoms with Crippen LogP contribution in [0, 0.1) is 0 Å². The normalized spacial score (nSPS) is 17.9. The number of carbonyl (C=O) groups excluding carboxylic acids is 2. The van der Waals surface area contributed by atoms with Crippen LogP contribution in [0.2, 0.25) is 5.02 Å². The quantitative estimate of drug-likeness (QED) is 0.653. The Kier molecular flexibility index (Phi) is 6.98. The number of hydrogen-bond acceptors (Lipinski definition) is 4. The van der Waals surface area contributed by atoms with Crippen molar-refractivity contribution in [2.24, 2.45) is 0 Å². The zero-order valence-corrected chi connectivity index (χ0v) is 20.4. The van der Waals surface area contributed by atoms with Crippen LogP contribution < -0.4 is 5.32 Å². The lowest BCUT2D eigenvalue weighted by Crippen LogP contribution is -2.42. The first kappa shape index (κ1) is 23.6. The van der Waals surface area contributed by atoms with E-state index in [4.69, 9.17) is 16.3 Å². The maximum atomic E-state index is 13.2. The summed E-state index contributed by atoms with van der Waals surface area (Å²) in [5, 5.41) is 8.36. The van der Waals surface area contributed by atoms with Crippen LogP contribution in [0.5, 0.6) is 0 Å². The minimum atomic E-state index is -0.526. The molecule has 2 heterocycles. The Bertz CT molecular complexity index is 999. The Balaban J connectivity index is 1.59. The molecule has 2 amide bonds. The van der Waals surface area contributed by atoms with Gasteiger partial charge >= 0.3 is 6.09 Å². The molecule has 1 saturated carbocycles. The van der Waals surface area contributed by atoms with E-state index in [0.29, 0.717) is 23.7 Å². The molecule has 8 heteroatoms. The zero-order chi connectivity index (χ0) is 23.6. The molecule has 1 aromatic carbocycles. The number of para-hydroxylation sites is 1. The molecule has 0 atom stereocenters. The van der Waals surface area contributed by atoms with E-state index in [1.807, 2.05) is 45.0 Å². The van der Waals surface area contributed by atoms with Crippen LogP contribution in [0.25, 0.3) is 5.69 Å². The number of halogens is 1. The van der Waals surface area contributed by atoms with Gasteiger partial charge in [0.05, 0.1) is 28.2 Å². The first-order chi connectivity index (χ1) is 15.7. The Hall–Kier alpha value is -2.54. The van der Waals surface area contributed by atoms with Crippen molar-refractivity contribution >= 4 is 23.6 Å². The van der Waals surface area contributed by atoms with Crippen LogP contribution in [0.15, 0.2) is 30.5 Å². The predicted octanol–water partition coefficient (Wildman–Crippen LogP) is 5.31. The van der Waals surface area contributed by atoms with Crippen LogP contribution in [0.3, 0.4) is 0 Å². The van der Waals surface area contributed by atoms with Gasteiger partial charge in [-0.2, -0.15) is 5.10 Å². The standard InChI is InChI=1S/C25H33ClN4O3/c1-25(2,3)33-24(32)29-14-12-17(13-15-29)22-19(23(31)28-18-8-4-5-9-18)16-27-30(22)21-11-7-6-10-20(21)26/h6-7,10-11,16-18H,4-5,8-9,12-15H2,1-3H3,(H,28,31). The average molecular weight is 473 g/mol. The fraction of sp³-hybridized carbons (Fsp3) is 0.560. The van der Waals surface area contributed by atoms with E-state index in [0.717, 1.165) is 49.9 Å². The summed E-state index contributed by atoms with van der Waals surface area (Å²) in [5.41, 5.74) is 1.69. The number of rotatable bonds is 4. The van der Waals surface area contributed by atoms with Crippen molar-refractivity contribution in [2.45, 2.75) is 76.9 Å². The van der Waals surface area contributed by atoms with Gasteiger partial charge in [-0.05, 0) is 58.6 Å². The monoisotopic (exact) mass is 472 g/mol. The van der Waals surface area contributed by atoms with Gasteiger partial charge in [0.1, 0.15) is 5.60 Å². The van der Waals surface area contributed by atoms with E-state index in [9.17, 15) is 9.59 Å². The maximum Gasteiger partial charge on any atom is 0.410 e. The molecule has 0 unspecified atom stereocenters. The molecule has 1 saturated heterocycles. The highest BCUT2D eigenvalue weighted by Gasteiger charge is 2.33. The van der Waals surface area contributed by atoms with Crippen molar-refractivity contribution in [3.63, 3.8) is 0 Å². The molecule has 2 aliphatic rings. The van der Waals surface area contributed by atoms with E-state index in [-0.39, 0.29) is 24.0 Å². The van der Waals surface area contributed by atoms with Crippen LogP contribution in [-0.4, -0.2) is 51.4 Å². The van der Waals surface area contributed by atoms with Crippen LogP contribution in [0.1, 0.15) is 81.3 Å². The molecule has 1 N–H and O–H groups in total. The number of benzene rings is 1. The first-order valence-corrected chi connectivity index (χ1v) is 12.2. The second kappa shape index (κ2) is 9.75. The van der Waals surface area contributed by atoms with Crippen molar-refractivity contribution in [1.29, 1.82) is 0 Å². The average Bonchev–Trinajstić information content (AvgIpc) is 3.43. The van der Waals surface area contributed by atoms with Gasteiger partial charge in [0, 0.05) is 25.0 Å². The molecule has 2 aromatic rings. The summed E-state index contributed by atoms with van der Waals surface area (Å²) >= 11 is 6.49. The number of likely N-dealkylation sites (tertiary alicyclic amines) is 1. The van der Waals surface area contributed by atoms with Gasteiger partial charge in [-0.25, -0.2) is 9.48 Å². The number of nitrogens with zero attached hydrogens (tertiary/aromatic N) is 3. The third-order valence-electron chi connectivity index (χ3n) is 6.36. The fourth-order valence-electron chi connectivity index (χ4n) is 4.74. The van der Waals surface area contributed by atoms with Crippen molar-refractivity contribution in [2.75, 3.05) is 13.1 Å². The van der Waals surface area contributed by atoms with E-state index in [1.165, 1.54) is 0 Å². The smallest absolute Gasteiger partial charge is 0.410 e. The SMILES string of the molecule is CC(C)(C)OC(=O)N1CCC(c2c(C(=O)NC3CCCC3)cnn2-c2ccccc2Cl)CC1. The lowest BCUT2D eigenvalue weighted by molar-refractivity contribution is 0.0203. The molecule has 0 spiro atoms. The number of amides is 2. The molecule has 4 rings (SSSR count). The molecular weight excluding hydrogens is 440 g/mol. The van der Waals surface area contributed by atoms with Gasteiger partial charge < -0.3 is 15.0 Å². The van der Waals surface area contributed by atoms with Gasteiger partial charge in [0.2, 0.25) is 0 Å². The van der Waals surface area contributed by atoms with Crippen LogP contribution in [-0.2, 0) is 4.74 Å². The molecule has 1 aromatic heterocycles. The van der Waals surface area contributed by atoms with Crippen molar-refractivity contribution in [1.82, 2.24) is 20.0 Å². The molecule has 1 aliphatic carbocycles. The summed E-state index contributed by atoms with van der Waals surface area (Å²) in [7, 11) is 0. The van der Waals surface area contributed by atoms with E-state index < -0.39 is 5.60 Å². The summed E-state index contributed by atoms with van der Waals surface area (Å²) in [5.74, 6) is -0.00318. The maximum absolute atomic E-state index is 13.2. The molecule has 1 aliphatic heterocycles. The summed E-state index contributed by atoms with van der Waals surface area (Å²) in [6, 6.07) is 7.75. The molecule has 7 nitrogen and oxygen atoms in total. The third-order valence-corrected chi connectivity index (χ3v) is 6.68. The number of hydrogen-bond donors (Lipinski definition) is 1. The second-order valence-electron chi connectivity index (χ2n) is 10.0. The lowest BCUT2D eigenvalue weighted by Gasteiger charge is -2.34. The Morgan fingerprint density at radius 3 is 2.39 bits per heavy atom. The molecule has 0 radical (unpaired) electrons. The molecule has 2 fully saturated rings. The number of carbonyl (C=O) groups is 2. The highest BCUT2D eigenvalue weighted by atomic mass is 35.5. The minimum absolute atomic E-state index is 0.0757. The van der Waals surface area contributed by atoms with Crippen molar-refractivity contribution in [3.05, 3.63) is 46.7 Å². The van der Waals surface area contributed by atoms with E-state index >= 15 is 0 Å².